The SMILES string of the molecule is COc1ccc(N(CC(=O)N/N=C\c2ccc(OCC(=O)Nc3ccc(C)cc3)cc2)S(=O)(=O)c2ccc(C)cc2)cc1OC. The second-order valence-corrected chi connectivity index (χ2v) is 11.8. The summed E-state index contributed by atoms with van der Waals surface area (Å²) in [7, 11) is -1.24. The molecule has 4 rings (SSSR count). The van der Waals surface area contributed by atoms with E-state index in [1.54, 1.807) is 42.5 Å². The average molecular weight is 631 g/mol. The summed E-state index contributed by atoms with van der Waals surface area (Å²) >= 11 is 0. The maximum atomic E-state index is 13.7. The summed E-state index contributed by atoms with van der Waals surface area (Å²) in [5.74, 6) is 0.221. The zero-order valence-electron chi connectivity index (χ0n) is 25.3. The third kappa shape index (κ3) is 8.83. The van der Waals surface area contributed by atoms with Crippen LogP contribution in [-0.2, 0) is 19.6 Å². The molecule has 45 heavy (non-hydrogen) atoms. The molecule has 2 amide bonds. The molecule has 0 bridgehead atoms. The number of carbonyl (C=O) groups is 2. The third-order valence-corrected chi connectivity index (χ3v) is 8.33. The van der Waals surface area contributed by atoms with Crippen molar-refractivity contribution in [2.75, 3.05) is 37.0 Å². The van der Waals surface area contributed by atoms with E-state index in [4.69, 9.17) is 14.2 Å². The molecule has 0 saturated carbocycles. The molecule has 0 saturated heterocycles. The largest absolute Gasteiger partial charge is 0.493 e. The number of hydrazone groups is 1. The van der Waals surface area contributed by atoms with Crippen LogP contribution in [0.1, 0.15) is 16.7 Å². The monoisotopic (exact) mass is 630 g/mol. The number of benzene rings is 4. The van der Waals surface area contributed by atoms with Crippen molar-refractivity contribution in [1.82, 2.24) is 5.43 Å². The van der Waals surface area contributed by atoms with Gasteiger partial charge in [0.2, 0.25) is 0 Å². The van der Waals surface area contributed by atoms with Crippen LogP contribution in [0.2, 0.25) is 0 Å². The average Bonchev–Trinajstić information content (AvgIpc) is 3.04. The van der Waals surface area contributed by atoms with Crippen molar-refractivity contribution in [2.24, 2.45) is 5.10 Å². The molecule has 0 unspecified atom stereocenters. The highest BCUT2D eigenvalue weighted by Crippen LogP contribution is 2.33. The first-order valence-corrected chi connectivity index (χ1v) is 15.3. The minimum atomic E-state index is -4.14. The normalized spacial score (nSPS) is 11.1. The van der Waals surface area contributed by atoms with Crippen LogP contribution in [0.5, 0.6) is 17.2 Å². The predicted octanol–water partition coefficient (Wildman–Crippen LogP) is 4.68. The van der Waals surface area contributed by atoms with E-state index in [9.17, 15) is 18.0 Å². The van der Waals surface area contributed by atoms with Crippen LogP contribution in [0.3, 0.4) is 0 Å². The van der Waals surface area contributed by atoms with Crippen molar-refractivity contribution in [3.63, 3.8) is 0 Å². The van der Waals surface area contributed by atoms with Gasteiger partial charge in [-0.05, 0) is 80.1 Å². The smallest absolute Gasteiger partial charge is 0.264 e. The highest BCUT2D eigenvalue weighted by atomic mass is 32.2. The Hall–Kier alpha value is -5.36. The summed E-state index contributed by atoms with van der Waals surface area (Å²) in [4.78, 5) is 25.1. The van der Waals surface area contributed by atoms with Crippen molar-refractivity contribution in [3.05, 3.63) is 108 Å². The van der Waals surface area contributed by atoms with E-state index >= 15 is 0 Å². The van der Waals surface area contributed by atoms with Crippen LogP contribution in [0.15, 0.2) is 101 Å². The second kappa shape index (κ2) is 14.9. The van der Waals surface area contributed by atoms with E-state index in [0.29, 0.717) is 28.5 Å². The van der Waals surface area contributed by atoms with Gasteiger partial charge >= 0.3 is 0 Å². The molecule has 0 radical (unpaired) electrons. The van der Waals surface area contributed by atoms with E-state index in [-0.39, 0.29) is 23.1 Å². The number of hydrogen-bond acceptors (Lipinski definition) is 8. The van der Waals surface area contributed by atoms with E-state index in [1.165, 1.54) is 44.7 Å². The maximum absolute atomic E-state index is 13.7. The lowest BCUT2D eigenvalue weighted by molar-refractivity contribution is -0.119. The Morgan fingerprint density at radius 2 is 1.42 bits per heavy atom. The summed E-state index contributed by atoms with van der Waals surface area (Å²) in [6, 6.07) is 25.1. The molecule has 4 aromatic rings. The van der Waals surface area contributed by atoms with Gasteiger partial charge in [0.05, 0.1) is 31.0 Å². The van der Waals surface area contributed by atoms with Crippen molar-refractivity contribution < 1.29 is 32.2 Å². The zero-order valence-corrected chi connectivity index (χ0v) is 26.1. The molecule has 0 aliphatic carbocycles. The van der Waals surface area contributed by atoms with Crippen LogP contribution in [-0.4, -0.2) is 53.8 Å². The number of nitrogens with one attached hydrogen (secondary N) is 2. The highest BCUT2D eigenvalue weighted by molar-refractivity contribution is 7.92. The van der Waals surface area contributed by atoms with Gasteiger partial charge in [0.15, 0.2) is 18.1 Å². The number of nitrogens with zero attached hydrogens (tertiary/aromatic N) is 2. The lowest BCUT2D eigenvalue weighted by Crippen LogP contribution is -2.39. The topological polar surface area (TPSA) is 136 Å². The Morgan fingerprint density at radius 1 is 0.800 bits per heavy atom. The first-order valence-electron chi connectivity index (χ1n) is 13.8. The Balaban J connectivity index is 1.39. The molecule has 4 aromatic carbocycles. The minimum Gasteiger partial charge on any atom is -0.493 e. The molecule has 0 heterocycles. The number of carbonyl (C=O) groups excluding carboxylic acids is 2. The van der Waals surface area contributed by atoms with Crippen molar-refractivity contribution in [2.45, 2.75) is 18.7 Å². The van der Waals surface area contributed by atoms with E-state index in [2.05, 4.69) is 15.8 Å². The fourth-order valence-electron chi connectivity index (χ4n) is 4.11. The Morgan fingerprint density at radius 3 is 2.04 bits per heavy atom. The van der Waals surface area contributed by atoms with E-state index in [0.717, 1.165) is 15.4 Å². The van der Waals surface area contributed by atoms with Crippen molar-refractivity contribution >= 4 is 39.4 Å². The first kappa shape index (κ1) is 32.6. The van der Waals surface area contributed by atoms with Gasteiger partial charge in [-0.25, -0.2) is 13.8 Å². The molecule has 0 atom stereocenters. The summed E-state index contributed by atoms with van der Waals surface area (Å²) in [5, 5.41) is 6.74. The van der Waals surface area contributed by atoms with Gasteiger partial charge in [-0.3, -0.25) is 13.9 Å². The van der Waals surface area contributed by atoms with Gasteiger partial charge in [-0.15, -0.1) is 0 Å². The van der Waals surface area contributed by atoms with Gasteiger partial charge in [0, 0.05) is 11.8 Å². The number of anilines is 2. The van der Waals surface area contributed by atoms with Gasteiger partial charge in [0.25, 0.3) is 21.8 Å². The van der Waals surface area contributed by atoms with Crippen LogP contribution >= 0.6 is 0 Å². The fourth-order valence-corrected chi connectivity index (χ4v) is 5.52. The molecule has 12 heteroatoms. The summed E-state index contributed by atoms with van der Waals surface area (Å²) in [5.41, 5.74) is 5.89. The lowest BCUT2D eigenvalue weighted by Gasteiger charge is -2.24. The number of hydrogen-bond donors (Lipinski definition) is 2. The number of methoxy groups -OCH3 is 2. The van der Waals surface area contributed by atoms with Crippen LogP contribution in [0.4, 0.5) is 11.4 Å². The fraction of sp³-hybridized carbons (Fsp3) is 0.182. The highest BCUT2D eigenvalue weighted by Gasteiger charge is 2.28. The maximum Gasteiger partial charge on any atom is 0.264 e. The number of amides is 2. The molecule has 0 spiro atoms. The van der Waals surface area contributed by atoms with Gasteiger partial charge in [-0.2, -0.15) is 5.10 Å². The number of aryl methyl sites for hydroxylation is 2. The lowest BCUT2D eigenvalue weighted by atomic mass is 10.2. The molecular weight excluding hydrogens is 596 g/mol. The zero-order chi connectivity index (χ0) is 32.4. The number of rotatable bonds is 13. The van der Waals surface area contributed by atoms with Crippen molar-refractivity contribution in [3.8, 4) is 17.2 Å². The van der Waals surface area contributed by atoms with Gasteiger partial charge < -0.3 is 19.5 Å². The molecule has 11 nitrogen and oxygen atoms in total. The van der Waals surface area contributed by atoms with Gasteiger partial charge in [0.1, 0.15) is 12.3 Å². The summed E-state index contributed by atoms with van der Waals surface area (Å²) in [6.07, 6.45) is 1.40. The summed E-state index contributed by atoms with van der Waals surface area (Å²) < 4.78 is 44.5. The quantitative estimate of drug-likeness (QED) is 0.162. The Kier molecular flexibility index (Phi) is 10.8. The van der Waals surface area contributed by atoms with E-state index in [1.807, 2.05) is 38.1 Å². The number of ether oxygens (including phenoxy) is 3. The Bertz CT molecular complexity index is 1760. The standard InChI is InChI=1S/C33H34N4O7S/c1-23-5-11-26(12-6-23)35-33(39)22-44-28-14-9-25(10-15-28)20-34-36-32(38)21-37(27-13-18-30(42-3)31(19-27)43-4)45(40,41)29-16-7-24(2)8-17-29/h5-20H,21-22H2,1-4H3,(H,35,39)(H,36,38)/b34-20-. The molecular formula is C33H34N4O7S. The number of sulfonamides is 1. The predicted molar refractivity (Wildman–Crippen MR) is 173 cm³/mol. The van der Waals surface area contributed by atoms with E-state index < -0.39 is 22.5 Å². The third-order valence-electron chi connectivity index (χ3n) is 6.54. The summed E-state index contributed by atoms with van der Waals surface area (Å²) in [6.45, 7) is 3.09. The molecule has 2 N–H and O–H groups in total. The first-order chi connectivity index (χ1) is 21.6. The molecule has 0 aliphatic rings. The molecule has 0 fully saturated rings. The minimum absolute atomic E-state index is 0.0223. The molecule has 0 aliphatic heterocycles. The molecule has 234 valence electrons. The second-order valence-electron chi connectivity index (χ2n) is 9.93. The Labute approximate surface area is 262 Å². The van der Waals surface area contributed by atoms with Gasteiger partial charge in [-0.1, -0.05) is 35.4 Å². The van der Waals surface area contributed by atoms with Crippen LogP contribution in [0, 0.1) is 13.8 Å². The van der Waals surface area contributed by atoms with Crippen molar-refractivity contribution in [1.29, 1.82) is 0 Å². The molecule has 0 aromatic heterocycles. The van der Waals surface area contributed by atoms with Crippen LogP contribution < -0.4 is 29.3 Å². The van der Waals surface area contributed by atoms with Crippen LogP contribution in [0.25, 0.3) is 0 Å².